The minimum Gasteiger partial charge on any atom is -0.496 e. The molecule has 0 spiro atoms. The van der Waals surface area contributed by atoms with Crippen molar-refractivity contribution in [1.82, 2.24) is 0 Å². The average molecular weight is 391 g/mol. The zero-order valence-corrected chi connectivity index (χ0v) is 19.3. The van der Waals surface area contributed by atoms with E-state index in [0.717, 1.165) is 18.6 Å². The molecular formula is C26H34OSi. The Hall–Kier alpha value is -2.06. The van der Waals surface area contributed by atoms with Crippen molar-refractivity contribution < 1.29 is 4.74 Å². The maximum Gasteiger partial charge on any atom is 0.130 e. The Balaban J connectivity index is 2.18. The van der Waals surface area contributed by atoms with Gasteiger partial charge in [-0.15, -0.1) is 0 Å². The molecule has 1 nitrogen and oxygen atoms in total. The molecule has 0 heterocycles. The molecule has 28 heavy (non-hydrogen) atoms. The zero-order valence-electron chi connectivity index (χ0n) is 18.3. The van der Waals surface area contributed by atoms with Gasteiger partial charge in [0.05, 0.1) is 15.2 Å². The predicted octanol–water partition coefficient (Wildman–Crippen LogP) is 7.62. The van der Waals surface area contributed by atoms with Crippen molar-refractivity contribution in [2.75, 3.05) is 7.11 Å². The summed E-state index contributed by atoms with van der Waals surface area (Å²) < 4.78 is 6.05. The summed E-state index contributed by atoms with van der Waals surface area (Å²) in [5.74, 6) is 1.02. The van der Waals surface area contributed by atoms with Crippen LogP contribution in [0.4, 0.5) is 0 Å². The Kier molecular flexibility index (Phi) is 6.00. The van der Waals surface area contributed by atoms with E-state index in [1.165, 1.54) is 22.3 Å². The van der Waals surface area contributed by atoms with Crippen molar-refractivity contribution in [3.63, 3.8) is 0 Å². The monoisotopic (exact) mass is 390 g/mol. The number of rotatable bonds is 7. The number of ether oxygens (including phenoxy) is 1. The Morgan fingerprint density at radius 2 is 1.61 bits per heavy atom. The normalized spacial score (nSPS) is 16.9. The lowest BCUT2D eigenvalue weighted by Gasteiger charge is -2.35. The number of hydrogen-bond acceptors (Lipinski definition) is 1. The van der Waals surface area contributed by atoms with Crippen LogP contribution in [0.5, 0.6) is 5.75 Å². The molecule has 0 N–H and O–H groups in total. The van der Waals surface area contributed by atoms with Gasteiger partial charge >= 0.3 is 0 Å². The molecule has 1 aliphatic rings. The van der Waals surface area contributed by atoms with Gasteiger partial charge in [0.25, 0.3) is 0 Å². The van der Waals surface area contributed by atoms with Gasteiger partial charge in [-0.25, -0.2) is 0 Å². The van der Waals surface area contributed by atoms with Crippen LogP contribution in [0, 0.1) is 0 Å². The van der Waals surface area contributed by atoms with E-state index >= 15 is 0 Å². The summed E-state index contributed by atoms with van der Waals surface area (Å²) >= 11 is 0. The van der Waals surface area contributed by atoms with Crippen molar-refractivity contribution in [1.29, 1.82) is 0 Å². The molecule has 148 valence electrons. The first-order valence-corrected chi connectivity index (χ1v) is 14.1. The standard InChI is InChI=1S/C26H34OSi/c1-7-26(8-2,21-17-18-22(19-21)28(4,5)6)24-16-12-15-23(25(24)27-3)20-13-10-9-11-14-20/h9-19,22H,7-8H2,1-6H3. The van der Waals surface area contributed by atoms with E-state index in [1.807, 2.05) is 7.11 Å². The molecule has 1 atom stereocenters. The van der Waals surface area contributed by atoms with E-state index in [1.54, 1.807) is 0 Å². The minimum atomic E-state index is -1.25. The van der Waals surface area contributed by atoms with E-state index in [4.69, 9.17) is 4.74 Å². The van der Waals surface area contributed by atoms with Gasteiger partial charge in [-0.2, -0.15) is 0 Å². The summed E-state index contributed by atoms with van der Waals surface area (Å²) in [6.07, 6.45) is 9.51. The van der Waals surface area contributed by atoms with Gasteiger partial charge in [0.2, 0.25) is 0 Å². The Morgan fingerprint density at radius 1 is 0.929 bits per heavy atom. The molecule has 2 aromatic rings. The Labute approximate surface area is 172 Å². The molecule has 0 aliphatic heterocycles. The molecule has 0 amide bonds. The van der Waals surface area contributed by atoms with E-state index in [9.17, 15) is 0 Å². The predicted molar refractivity (Wildman–Crippen MR) is 125 cm³/mol. The Morgan fingerprint density at radius 3 is 2.14 bits per heavy atom. The Bertz CT molecular complexity index is 867. The third kappa shape index (κ3) is 3.63. The van der Waals surface area contributed by atoms with Crippen molar-refractivity contribution in [2.24, 2.45) is 0 Å². The molecule has 0 bridgehead atoms. The third-order valence-corrected chi connectivity index (χ3v) is 8.78. The second-order valence-corrected chi connectivity index (χ2v) is 14.3. The molecule has 1 aliphatic carbocycles. The fourth-order valence-electron chi connectivity index (χ4n) is 4.54. The summed E-state index contributed by atoms with van der Waals surface area (Å²) in [6, 6.07) is 17.2. The van der Waals surface area contributed by atoms with E-state index in [-0.39, 0.29) is 5.41 Å². The fourth-order valence-corrected chi connectivity index (χ4v) is 5.90. The second-order valence-electron chi connectivity index (χ2n) is 8.91. The number of benzene rings is 2. The lowest BCUT2D eigenvalue weighted by molar-refractivity contribution is 0.386. The van der Waals surface area contributed by atoms with Crippen LogP contribution in [-0.2, 0) is 5.41 Å². The summed E-state index contributed by atoms with van der Waals surface area (Å²) in [5, 5.41) is 0. The molecular weight excluding hydrogens is 356 g/mol. The van der Waals surface area contributed by atoms with Crippen LogP contribution in [0.3, 0.4) is 0 Å². The zero-order chi connectivity index (χ0) is 20.4. The summed E-state index contributed by atoms with van der Waals surface area (Å²) in [6.45, 7) is 12.0. The van der Waals surface area contributed by atoms with Crippen molar-refractivity contribution in [3.8, 4) is 16.9 Å². The topological polar surface area (TPSA) is 9.23 Å². The first kappa shape index (κ1) is 20.7. The molecule has 0 aromatic heterocycles. The van der Waals surface area contributed by atoms with Crippen molar-refractivity contribution >= 4 is 8.07 Å². The van der Waals surface area contributed by atoms with Crippen LogP contribution in [0.2, 0.25) is 25.2 Å². The van der Waals surface area contributed by atoms with Gasteiger partial charge in [0.1, 0.15) is 5.75 Å². The van der Waals surface area contributed by atoms with Crippen LogP contribution in [0.15, 0.2) is 72.3 Å². The van der Waals surface area contributed by atoms with Gasteiger partial charge < -0.3 is 4.74 Å². The highest BCUT2D eigenvalue weighted by atomic mass is 28.3. The summed E-state index contributed by atoms with van der Waals surface area (Å²) in [4.78, 5) is 0. The smallest absolute Gasteiger partial charge is 0.130 e. The fraction of sp³-hybridized carbons (Fsp3) is 0.385. The lowest BCUT2D eigenvalue weighted by Crippen LogP contribution is -2.28. The number of hydrogen-bond donors (Lipinski definition) is 0. The maximum atomic E-state index is 6.05. The van der Waals surface area contributed by atoms with Crippen LogP contribution in [0.1, 0.15) is 32.3 Å². The molecule has 0 saturated carbocycles. The van der Waals surface area contributed by atoms with Crippen LogP contribution >= 0.6 is 0 Å². The minimum absolute atomic E-state index is 0.0129. The van der Waals surface area contributed by atoms with E-state index in [0.29, 0.717) is 5.54 Å². The summed E-state index contributed by atoms with van der Waals surface area (Å²) in [7, 11) is 0.560. The van der Waals surface area contributed by atoms with Crippen LogP contribution in [-0.4, -0.2) is 15.2 Å². The van der Waals surface area contributed by atoms with E-state index in [2.05, 4.69) is 100 Å². The number of allylic oxidation sites excluding steroid dienone is 4. The van der Waals surface area contributed by atoms with Gasteiger partial charge in [0.15, 0.2) is 0 Å². The highest BCUT2D eigenvalue weighted by Gasteiger charge is 2.38. The largest absolute Gasteiger partial charge is 0.496 e. The number of para-hydroxylation sites is 1. The van der Waals surface area contributed by atoms with Gasteiger partial charge in [-0.05, 0) is 29.5 Å². The molecule has 2 heteroatoms. The molecule has 3 rings (SSSR count). The van der Waals surface area contributed by atoms with Crippen LogP contribution in [0.25, 0.3) is 11.1 Å². The quantitative estimate of drug-likeness (QED) is 0.442. The van der Waals surface area contributed by atoms with Gasteiger partial charge in [-0.1, -0.05) is 100 Å². The summed E-state index contributed by atoms with van der Waals surface area (Å²) in [5.41, 5.74) is 5.76. The van der Waals surface area contributed by atoms with Crippen molar-refractivity contribution in [2.45, 2.75) is 57.3 Å². The molecule has 2 aromatic carbocycles. The molecule has 0 saturated heterocycles. The maximum absolute atomic E-state index is 6.05. The van der Waals surface area contributed by atoms with Crippen molar-refractivity contribution in [3.05, 3.63) is 77.9 Å². The van der Waals surface area contributed by atoms with Gasteiger partial charge in [0, 0.05) is 16.5 Å². The molecule has 0 radical (unpaired) electrons. The number of methoxy groups -OCH3 is 1. The highest BCUT2D eigenvalue weighted by Crippen LogP contribution is 2.49. The SMILES string of the molecule is CCC(CC)(C1=CC([Si](C)(C)C)C=C1)c1cccc(-c2ccccc2)c1OC. The molecule has 1 unspecified atom stereocenters. The second kappa shape index (κ2) is 8.12. The first-order chi connectivity index (χ1) is 13.4. The first-order valence-electron chi connectivity index (χ1n) is 10.5. The van der Waals surface area contributed by atoms with Crippen LogP contribution < -0.4 is 4.74 Å². The third-order valence-electron chi connectivity index (χ3n) is 6.42. The molecule has 0 fully saturated rings. The average Bonchev–Trinajstić information content (AvgIpc) is 3.21. The van der Waals surface area contributed by atoms with Gasteiger partial charge in [-0.3, -0.25) is 0 Å². The highest BCUT2D eigenvalue weighted by molar-refractivity contribution is 6.78. The lowest BCUT2D eigenvalue weighted by atomic mass is 9.69. The van der Waals surface area contributed by atoms with E-state index < -0.39 is 8.07 Å².